The van der Waals surface area contributed by atoms with Crippen molar-refractivity contribution in [1.29, 1.82) is 0 Å². The van der Waals surface area contributed by atoms with Crippen LogP contribution in [-0.2, 0) is 0 Å². The molecule has 0 bridgehead atoms. The highest BCUT2D eigenvalue weighted by atomic mass is 35.5. The van der Waals surface area contributed by atoms with E-state index in [9.17, 15) is 0 Å². The minimum absolute atomic E-state index is 0.0504. The number of nitrogens with zero attached hydrogens (tertiary/aromatic N) is 2. The van der Waals surface area contributed by atoms with Crippen LogP contribution in [0, 0.1) is 13.8 Å². The van der Waals surface area contributed by atoms with Gasteiger partial charge in [-0.3, -0.25) is 0 Å². The van der Waals surface area contributed by atoms with Crippen LogP contribution in [0.25, 0.3) is 0 Å². The van der Waals surface area contributed by atoms with Gasteiger partial charge >= 0.3 is 0 Å². The topological polar surface area (TPSA) is 49.8 Å². The molecule has 0 saturated carbocycles. The highest BCUT2D eigenvalue weighted by molar-refractivity contribution is 6.31. The fourth-order valence-corrected chi connectivity index (χ4v) is 2.08. The Hall–Kier alpha value is -1.81. The molecular weight excluding hydrogens is 284 g/mol. The van der Waals surface area contributed by atoms with Gasteiger partial charge in [0.25, 0.3) is 0 Å². The van der Waals surface area contributed by atoms with Crippen LogP contribution in [0.5, 0.6) is 0 Å². The highest BCUT2D eigenvalue weighted by Gasteiger charge is 2.11. The zero-order chi connectivity index (χ0) is 15.6. The minimum atomic E-state index is -0.0504. The molecule has 0 aliphatic heterocycles. The van der Waals surface area contributed by atoms with E-state index in [1.807, 2.05) is 38.1 Å². The predicted octanol–water partition coefficient (Wildman–Crippen LogP) is 4.70. The van der Waals surface area contributed by atoms with Crippen LogP contribution in [0.15, 0.2) is 24.3 Å². The number of nitrogens with one attached hydrogen (secondary N) is 2. The molecule has 0 amide bonds. The van der Waals surface area contributed by atoms with Crippen molar-refractivity contribution in [1.82, 2.24) is 9.97 Å². The largest absolute Gasteiger partial charge is 0.365 e. The summed E-state index contributed by atoms with van der Waals surface area (Å²) < 4.78 is 0. The van der Waals surface area contributed by atoms with Crippen LogP contribution >= 0.6 is 11.6 Å². The lowest BCUT2D eigenvalue weighted by Crippen LogP contribution is -2.26. The summed E-state index contributed by atoms with van der Waals surface area (Å²) in [7, 11) is 0. The highest BCUT2D eigenvalue weighted by Crippen LogP contribution is 2.24. The molecule has 0 saturated heterocycles. The molecule has 0 aliphatic carbocycles. The van der Waals surface area contributed by atoms with Crippen LogP contribution in [0.3, 0.4) is 0 Å². The van der Waals surface area contributed by atoms with Gasteiger partial charge in [-0.25, -0.2) is 9.97 Å². The molecular formula is C16H21ClN4. The Kier molecular flexibility index (Phi) is 4.37. The van der Waals surface area contributed by atoms with E-state index in [0.717, 1.165) is 27.9 Å². The molecule has 5 heteroatoms. The van der Waals surface area contributed by atoms with Crippen molar-refractivity contribution in [2.45, 2.75) is 40.2 Å². The van der Waals surface area contributed by atoms with Crippen molar-refractivity contribution in [3.8, 4) is 0 Å². The number of hydrogen-bond acceptors (Lipinski definition) is 4. The number of aryl methyl sites for hydroxylation is 2. The summed E-state index contributed by atoms with van der Waals surface area (Å²) >= 11 is 6.14. The molecule has 4 nitrogen and oxygen atoms in total. The van der Waals surface area contributed by atoms with Gasteiger partial charge in [0.1, 0.15) is 17.5 Å². The smallest absolute Gasteiger partial charge is 0.136 e. The number of hydrogen-bond donors (Lipinski definition) is 2. The molecule has 0 atom stereocenters. The molecule has 0 unspecified atom stereocenters. The van der Waals surface area contributed by atoms with Gasteiger partial charge in [-0.2, -0.15) is 0 Å². The molecule has 0 fully saturated rings. The Morgan fingerprint density at radius 3 is 2.29 bits per heavy atom. The third-order valence-electron chi connectivity index (χ3n) is 2.79. The van der Waals surface area contributed by atoms with Crippen LogP contribution in [0.4, 0.5) is 17.3 Å². The van der Waals surface area contributed by atoms with Crippen LogP contribution in [-0.4, -0.2) is 15.5 Å². The summed E-state index contributed by atoms with van der Waals surface area (Å²) in [6, 6.07) is 7.75. The lowest BCUT2D eigenvalue weighted by atomic mass is 10.1. The van der Waals surface area contributed by atoms with Crippen molar-refractivity contribution in [2.75, 3.05) is 10.6 Å². The molecule has 1 aromatic carbocycles. The van der Waals surface area contributed by atoms with Gasteiger partial charge < -0.3 is 10.6 Å². The minimum Gasteiger partial charge on any atom is -0.365 e. The number of aromatic nitrogens is 2. The first-order valence-electron chi connectivity index (χ1n) is 6.90. The zero-order valence-corrected chi connectivity index (χ0v) is 13.8. The number of rotatable bonds is 3. The molecule has 112 valence electrons. The van der Waals surface area contributed by atoms with Gasteiger partial charge in [0.05, 0.1) is 0 Å². The molecule has 21 heavy (non-hydrogen) atoms. The van der Waals surface area contributed by atoms with Crippen LogP contribution in [0.2, 0.25) is 5.02 Å². The van der Waals surface area contributed by atoms with E-state index in [2.05, 4.69) is 41.4 Å². The Morgan fingerprint density at radius 2 is 1.67 bits per heavy atom. The monoisotopic (exact) mass is 304 g/mol. The van der Waals surface area contributed by atoms with Crippen molar-refractivity contribution < 1.29 is 0 Å². The summed E-state index contributed by atoms with van der Waals surface area (Å²) in [6.45, 7) is 10.1. The van der Waals surface area contributed by atoms with E-state index in [0.29, 0.717) is 5.82 Å². The number of halogens is 1. The van der Waals surface area contributed by atoms with Gasteiger partial charge in [0.15, 0.2) is 0 Å². The summed E-state index contributed by atoms with van der Waals surface area (Å²) in [5.74, 6) is 2.26. The second kappa shape index (κ2) is 5.90. The van der Waals surface area contributed by atoms with E-state index < -0.39 is 0 Å². The molecule has 2 aromatic rings. The first-order chi connectivity index (χ1) is 9.73. The molecule has 2 N–H and O–H groups in total. The van der Waals surface area contributed by atoms with E-state index >= 15 is 0 Å². The molecule has 1 aromatic heterocycles. The summed E-state index contributed by atoms with van der Waals surface area (Å²) in [5, 5.41) is 7.35. The summed E-state index contributed by atoms with van der Waals surface area (Å²) in [6.07, 6.45) is 0. The average Bonchev–Trinajstić information content (AvgIpc) is 2.31. The normalized spacial score (nSPS) is 11.3. The maximum Gasteiger partial charge on any atom is 0.136 e. The van der Waals surface area contributed by atoms with Gasteiger partial charge in [-0.15, -0.1) is 0 Å². The fraction of sp³-hybridized carbons (Fsp3) is 0.375. The first-order valence-corrected chi connectivity index (χ1v) is 7.28. The third kappa shape index (κ3) is 4.60. The lowest BCUT2D eigenvalue weighted by Gasteiger charge is -2.21. The van der Waals surface area contributed by atoms with Gasteiger partial charge in [-0.05, 0) is 52.3 Å². The molecule has 2 rings (SSSR count). The second-order valence-electron chi connectivity index (χ2n) is 6.15. The maximum atomic E-state index is 6.14. The van der Waals surface area contributed by atoms with E-state index in [4.69, 9.17) is 11.6 Å². The van der Waals surface area contributed by atoms with E-state index in [1.165, 1.54) is 0 Å². The standard InChI is InChI=1S/C16H21ClN4/c1-10-6-7-12(8-13(10)17)20-14-9-15(19-11(2)18-14)21-16(3,4)5/h6-9H,1-5H3,(H2,18,19,20,21). The van der Waals surface area contributed by atoms with Crippen molar-refractivity contribution in [3.63, 3.8) is 0 Å². The Balaban J connectivity index is 2.25. The third-order valence-corrected chi connectivity index (χ3v) is 3.19. The van der Waals surface area contributed by atoms with E-state index in [-0.39, 0.29) is 5.54 Å². The van der Waals surface area contributed by atoms with Crippen LogP contribution in [0.1, 0.15) is 32.2 Å². The molecule has 0 radical (unpaired) electrons. The van der Waals surface area contributed by atoms with E-state index in [1.54, 1.807) is 0 Å². The second-order valence-corrected chi connectivity index (χ2v) is 6.56. The Labute approximate surface area is 131 Å². The quantitative estimate of drug-likeness (QED) is 0.863. The molecule has 0 aliphatic rings. The van der Waals surface area contributed by atoms with Gasteiger partial charge in [0, 0.05) is 22.3 Å². The first kappa shape index (κ1) is 15.6. The fourth-order valence-electron chi connectivity index (χ4n) is 1.90. The Bertz CT molecular complexity index is 647. The Morgan fingerprint density at radius 1 is 1.00 bits per heavy atom. The van der Waals surface area contributed by atoms with Gasteiger partial charge in [0.2, 0.25) is 0 Å². The van der Waals surface area contributed by atoms with Crippen LogP contribution < -0.4 is 10.6 Å². The van der Waals surface area contributed by atoms with Crippen molar-refractivity contribution in [3.05, 3.63) is 40.7 Å². The lowest BCUT2D eigenvalue weighted by molar-refractivity contribution is 0.629. The molecule has 0 spiro atoms. The SMILES string of the molecule is Cc1nc(Nc2ccc(C)c(Cl)c2)cc(NC(C)(C)C)n1. The molecule has 1 heterocycles. The van der Waals surface area contributed by atoms with Gasteiger partial charge in [-0.1, -0.05) is 17.7 Å². The maximum absolute atomic E-state index is 6.14. The number of anilines is 3. The average molecular weight is 305 g/mol. The summed E-state index contributed by atoms with van der Waals surface area (Å²) in [4.78, 5) is 8.81. The van der Waals surface area contributed by atoms with Crippen molar-refractivity contribution in [2.24, 2.45) is 0 Å². The summed E-state index contributed by atoms with van der Waals surface area (Å²) in [5.41, 5.74) is 1.91. The zero-order valence-electron chi connectivity index (χ0n) is 13.1. The number of benzene rings is 1. The van der Waals surface area contributed by atoms with Crippen molar-refractivity contribution >= 4 is 28.9 Å². The predicted molar refractivity (Wildman–Crippen MR) is 89.6 cm³/mol.